The molecule has 1 rings (SSSR count). The second-order valence-electron chi connectivity index (χ2n) is 3.40. The molecule has 2 N–H and O–H groups in total. The molecule has 1 aromatic rings. The Morgan fingerprint density at radius 2 is 1.45 bits per heavy atom. The van der Waals surface area contributed by atoms with E-state index in [-0.39, 0.29) is 5.97 Å². The number of carboxylic acids is 2. The van der Waals surface area contributed by atoms with E-state index in [2.05, 4.69) is 17.9 Å². The van der Waals surface area contributed by atoms with E-state index in [1.807, 2.05) is 36.4 Å². The van der Waals surface area contributed by atoms with Crippen molar-refractivity contribution in [3.63, 3.8) is 0 Å². The van der Waals surface area contributed by atoms with Crippen LogP contribution < -0.4 is 0 Å². The zero-order valence-electron chi connectivity index (χ0n) is 12.1. The highest BCUT2D eigenvalue weighted by Gasteiger charge is 1.88. The Morgan fingerprint density at radius 1 is 1.00 bits per heavy atom. The average molecular weight is 306 g/mol. The molecule has 0 saturated carbocycles. The van der Waals surface area contributed by atoms with Crippen LogP contribution in [0.15, 0.2) is 61.9 Å². The fourth-order valence-corrected chi connectivity index (χ4v) is 0.849. The van der Waals surface area contributed by atoms with Crippen LogP contribution in [-0.4, -0.2) is 28.1 Å². The number of hydrogen-bond donors (Lipinski definition) is 2. The summed E-state index contributed by atoms with van der Waals surface area (Å²) < 4.78 is 4.17. The van der Waals surface area contributed by atoms with E-state index in [4.69, 9.17) is 10.2 Å². The van der Waals surface area contributed by atoms with Gasteiger partial charge in [-0.2, -0.15) is 0 Å². The van der Waals surface area contributed by atoms with Gasteiger partial charge in [0.15, 0.2) is 0 Å². The van der Waals surface area contributed by atoms with Gasteiger partial charge in [-0.15, -0.1) is 0 Å². The standard InChI is InChI=1S/C8H8.C4H4O4.C4H6O2/c1-2-8-6-4-3-5-7-8;5-3(6)1-2-4(7)8;1-3-6-4(2)5/h2-7H,1H2;1-2H,(H,5,6)(H,7,8);3H,1H2,2H3/b;2-1-;. The Morgan fingerprint density at radius 3 is 1.64 bits per heavy atom. The minimum Gasteiger partial charge on any atom is -0.478 e. The SMILES string of the molecule is C=COC(C)=O.C=Cc1ccccc1.O=C(O)/C=C\C(=O)O. The van der Waals surface area contributed by atoms with Gasteiger partial charge in [-0.05, 0) is 5.56 Å². The second kappa shape index (κ2) is 14.3. The molecule has 0 atom stereocenters. The highest BCUT2D eigenvalue weighted by Crippen LogP contribution is 1.97. The predicted octanol–water partition coefficient (Wildman–Crippen LogP) is 2.73. The average Bonchev–Trinajstić information content (AvgIpc) is 2.47. The molecule has 0 aliphatic carbocycles. The molecule has 0 fully saturated rings. The molecule has 0 spiro atoms. The summed E-state index contributed by atoms with van der Waals surface area (Å²) in [6.45, 7) is 8.11. The van der Waals surface area contributed by atoms with Gasteiger partial charge >= 0.3 is 17.9 Å². The lowest BCUT2D eigenvalue weighted by Crippen LogP contribution is -1.91. The van der Waals surface area contributed by atoms with Crippen LogP contribution in [0.25, 0.3) is 6.08 Å². The maximum absolute atomic E-state index is 9.75. The minimum atomic E-state index is -1.26. The lowest BCUT2D eigenvalue weighted by atomic mass is 10.2. The first-order valence-corrected chi connectivity index (χ1v) is 5.93. The summed E-state index contributed by atoms with van der Waals surface area (Å²) in [5.41, 5.74) is 1.17. The molecule has 0 unspecified atom stereocenters. The van der Waals surface area contributed by atoms with Gasteiger partial charge in [0.25, 0.3) is 0 Å². The fourth-order valence-electron chi connectivity index (χ4n) is 0.849. The molecular weight excluding hydrogens is 288 g/mol. The second-order valence-corrected chi connectivity index (χ2v) is 3.40. The van der Waals surface area contributed by atoms with Crippen molar-refractivity contribution in [1.29, 1.82) is 0 Å². The van der Waals surface area contributed by atoms with Crippen molar-refractivity contribution in [3.05, 3.63) is 67.5 Å². The third kappa shape index (κ3) is 19.2. The van der Waals surface area contributed by atoms with Gasteiger partial charge in [0, 0.05) is 19.1 Å². The number of aliphatic carboxylic acids is 2. The minimum absolute atomic E-state index is 0.329. The molecule has 0 aliphatic rings. The summed E-state index contributed by atoms with van der Waals surface area (Å²) in [5, 5.41) is 15.6. The van der Waals surface area contributed by atoms with Crippen molar-refractivity contribution in [2.45, 2.75) is 6.92 Å². The van der Waals surface area contributed by atoms with Gasteiger partial charge in [-0.25, -0.2) is 9.59 Å². The topological polar surface area (TPSA) is 101 Å². The van der Waals surface area contributed by atoms with E-state index in [9.17, 15) is 14.4 Å². The van der Waals surface area contributed by atoms with Gasteiger partial charge in [0.05, 0.1) is 6.26 Å². The van der Waals surface area contributed by atoms with Crippen LogP contribution in [-0.2, 0) is 19.1 Å². The van der Waals surface area contributed by atoms with Crippen molar-refractivity contribution in [2.24, 2.45) is 0 Å². The highest BCUT2D eigenvalue weighted by molar-refractivity contribution is 5.89. The van der Waals surface area contributed by atoms with Crippen LogP contribution in [0.4, 0.5) is 0 Å². The summed E-state index contributed by atoms with van der Waals surface area (Å²) in [5.74, 6) is -2.84. The third-order valence-corrected chi connectivity index (χ3v) is 1.65. The van der Waals surface area contributed by atoms with Crippen LogP contribution in [0.1, 0.15) is 12.5 Å². The predicted molar refractivity (Wildman–Crippen MR) is 82.9 cm³/mol. The Balaban J connectivity index is 0. The molecule has 6 nitrogen and oxygen atoms in total. The molecule has 0 saturated heterocycles. The smallest absolute Gasteiger partial charge is 0.328 e. The Kier molecular flexibility index (Phi) is 13.7. The van der Waals surface area contributed by atoms with E-state index in [0.29, 0.717) is 12.2 Å². The highest BCUT2D eigenvalue weighted by atomic mass is 16.5. The summed E-state index contributed by atoms with van der Waals surface area (Å²) in [7, 11) is 0. The maximum atomic E-state index is 9.75. The molecule has 118 valence electrons. The number of ether oxygens (including phenoxy) is 1. The van der Waals surface area contributed by atoms with Crippen LogP contribution >= 0.6 is 0 Å². The number of benzene rings is 1. The first kappa shape index (κ1) is 21.2. The van der Waals surface area contributed by atoms with Crippen LogP contribution in [0, 0.1) is 0 Å². The molecule has 0 radical (unpaired) electrons. The van der Waals surface area contributed by atoms with E-state index >= 15 is 0 Å². The number of hydrogen-bond acceptors (Lipinski definition) is 4. The van der Waals surface area contributed by atoms with Crippen molar-refractivity contribution >= 4 is 24.0 Å². The van der Waals surface area contributed by atoms with Gasteiger partial charge < -0.3 is 14.9 Å². The van der Waals surface area contributed by atoms with Crippen LogP contribution in [0.3, 0.4) is 0 Å². The number of carboxylic acid groups (broad SMARTS) is 2. The van der Waals surface area contributed by atoms with Gasteiger partial charge in [0.2, 0.25) is 0 Å². The lowest BCUT2D eigenvalue weighted by Gasteiger charge is -1.85. The molecular formula is C16H18O6. The van der Waals surface area contributed by atoms with E-state index in [0.717, 1.165) is 6.26 Å². The molecule has 22 heavy (non-hydrogen) atoms. The maximum Gasteiger partial charge on any atom is 0.328 e. The zero-order valence-corrected chi connectivity index (χ0v) is 12.1. The normalized spacial score (nSPS) is 8.41. The molecule has 0 bridgehead atoms. The number of rotatable bonds is 4. The summed E-state index contributed by atoms with van der Waals surface area (Å²) in [6.07, 6.45) is 4.05. The number of carbonyl (C=O) groups excluding carboxylic acids is 1. The summed E-state index contributed by atoms with van der Waals surface area (Å²) >= 11 is 0. The van der Waals surface area contributed by atoms with Gasteiger partial charge in [-0.3, -0.25) is 4.79 Å². The fraction of sp³-hybridized carbons (Fsp3) is 0.0625. The van der Waals surface area contributed by atoms with Crippen LogP contribution in [0.2, 0.25) is 0 Å². The Bertz CT molecular complexity index is 501. The molecule has 0 amide bonds. The first-order valence-electron chi connectivity index (χ1n) is 5.93. The first-order chi connectivity index (χ1) is 10.3. The molecule has 0 aromatic heterocycles. The van der Waals surface area contributed by atoms with Crippen molar-refractivity contribution < 1.29 is 29.3 Å². The van der Waals surface area contributed by atoms with Crippen molar-refractivity contribution in [3.8, 4) is 0 Å². The van der Waals surface area contributed by atoms with E-state index in [1.54, 1.807) is 0 Å². The van der Waals surface area contributed by atoms with Gasteiger partial charge in [0.1, 0.15) is 0 Å². The summed E-state index contributed by atoms with van der Waals surface area (Å²) in [6, 6.07) is 10.0. The Labute approximate surface area is 128 Å². The zero-order chi connectivity index (χ0) is 17.4. The van der Waals surface area contributed by atoms with Crippen LogP contribution in [0.5, 0.6) is 0 Å². The molecule has 1 aromatic carbocycles. The Hall–Kier alpha value is -3.15. The summed E-state index contributed by atoms with van der Waals surface area (Å²) in [4.78, 5) is 28.9. The molecule has 0 heterocycles. The number of carbonyl (C=O) groups is 3. The van der Waals surface area contributed by atoms with Crippen molar-refractivity contribution in [1.82, 2.24) is 0 Å². The quantitative estimate of drug-likeness (QED) is 0.504. The van der Waals surface area contributed by atoms with Crippen molar-refractivity contribution in [2.75, 3.05) is 0 Å². The largest absolute Gasteiger partial charge is 0.478 e. The molecule has 0 aliphatic heterocycles. The van der Waals surface area contributed by atoms with Gasteiger partial charge in [-0.1, -0.05) is 49.6 Å². The molecule has 6 heteroatoms. The monoisotopic (exact) mass is 306 g/mol. The van der Waals surface area contributed by atoms with E-state index in [1.165, 1.54) is 12.5 Å². The third-order valence-electron chi connectivity index (χ3n) is 1.65. The lowest BCUT2D eigenvalue weighted by molar-refractivity contribution is -0.135. The van der Waals surface area contributed by atoms with E-state index < -0.39 is 11.9 Å². The number of esters is 1.